The Bertz CT molecular complexity index is 1350. The molecule has 0 saturated carbocycles. The number of rotatable bonds is 5. The molecule has 0 radical (unpaired) electrons. The number of halogens is 1. The van der Waals surface area contributed by atoms with Crippen molar-refractivity contribution in [2.75, 3.05) is 27.2 Å². The van der Waals surface area contributed by atoms with Gasteiger partial charge in [-0.25, -0.2) is 4.39 Å². The Balaban J connectivity index is 1.61. The van der Waals surface area contributed by atoms with E-state index in [4.69, 9.17) is 0 Å². The number of amides is 2. The van der Waals surface area contributed by atoms with Crippen molar-refractivity contribution < 1.29 is 23.6 Å². The van der Waals surface area contributed by atoms with Crippen LogP contribution >= 0.6 is 0 Å². The normalized spacial score (nSPS) is 14.2. The molecule has 8 heteroatoms. The van der Waals surface area contributed by atoms with Gasteiger partial charge in [-0.1, -0.05) is 12.1 Å². The van der Waals surface area contributed by atoms with Crippen LogP contribution in [0.25, 0.3) is 10.9 Å². The molecule has 0 N–H and O–H groups in total. The SMILES string of the molecule is CC(=O)n1c(C)c(C(=O)N2CCC(Cc3ccc(F)cc3)CC2)c2cc(C(=O)C(=O)N(C)C)ccc21. The molecule has 36 heavy (non-hydrogen) atoms. The Labute approximate surface area is 209 Å². The minimum absolute atomic E-state index is 0.175. The van der Waals surface area contributed by atoms with Gasteiger partial charge in [0.05, 0.1) is 11.1 Å². The first kappa shape index (κ1) is 25.3. The summed E-state index contributed by atoms with van der Waals surface area (Å²) in [5.41, 5.74) is 2.67. The van der Waals surface area contributed by atoms with Crippen molar-refractivity contribution in [3.63, 3.8) is 0 Å². The molecule has 4 rings (SSSR count). The lowest BCUT2D eigenvalue weighted by atomic mass is 9.90. The Morgan fingerprint density at radius 1 is 1.00 bits per heavy atom. The van der Waals surface area contributed by atoms with E-state index in [9.17, 15) is 23.6 Å². The van der Waals surface area contributed by atoms with Crippen LogP contribution in [0, 0.1) is 18.7 Å². The van der Waals surface area contributed by atoms with E-state index < -0.39 is 11.7 Å². The highest BCUT2D eigenvalue weighted by molar-refractivity contribution is 6.43. The van der Waals surface area contributed by atoms with Crippen LogP contribution in [-0.4, -0.2) is 65.1 Å². The van der Waals surface area contributed by atoms with Gasteiger partial charge in [-0.05, 0) is 68.0 Å². The largest absolute Gasteiger partial charge is 0.342 e. The summed E-state index contributed by atoms with van der Waals surface area (Å²) in [4.78, 5) is 54.0. The van der Waals surface area contributed by atoms with Crippen molar-refractivity contribution in [2.45, 2.75) is 33.1 Å². The molecule has 7 nitrogen and oxygen atoms in total. The van der Waals surface area contributed by atoms with Gasteiger partial charge in [0, 0.05) is 50.8 Å². The summed E-state index contributed by atoms with van der Waals surface area (Å²) in [6.07, 6.45) is 2.46. The number of hydrogen-bond acceptors (Lipinski definition) is 4. The number of piperidine rings is 1. The summed E-state index contributed by atoms with van der Waals surface area (Å²) in [5, 5.41) is 0.485. The van der Waals surface area contributed by atoms with E-state index in [1.54, 1.807) is 36.1 Å². The molecular weight excluding hydrogens is 461 g/mol. The van der Waals surface area contributed by atoms with E-state index in [2.05, 4.69) is 0 Å². The molecule has 188 valence electrons. The molecule has 0 bridgehead atoms. The molecule has 1 aromatic heterocycles. The number of fused-ring (bicyclic) bond motifs is 1. The average molecular weight is 492 g/mol. The molecule has 0 spiro atoms. The molecule has 1 aliphatic rings. The van der Waals surface area contributed by atoms with Crippen molar-refractivity contribution in [1.29, 1.82) is 0 Å². The van der Waals surface area contributed by atoms with E-state index in [0.29, 0.717) is 41.2 Å². The van der Waals surface area contributed by atoms with Gasteiger partial charge in [0.2, 0.25) is 11.7 Å². The Kier molecular flexibility index (Phi) is 7.06. The third-order valence-electron chi connectivity index (χ3n) is 6.93. The smallest absolute Gasteiger partial charge is 0.294 e. The number of carbonyl (C=O) groups excluding carboxylic acids is 4. The van der Waals surface area contributed by atoms with Gasteiger partial charge in [-0.2, -0.15) is 0 Å². The van der Waals surface area contributed by atoms with Crippen LogP contribution in [0.5, 0.6) is 0 Å². The van der Waals surface area contributed by atoms with Crippen molar-refractivity contribution in [2.24, 2.45) is 5.92 Å². The number of hydrogen-bond donors (Lipinski definition) is 0. The predicted octanol–water partition coefficient (Wildman–Crippen LogP) is 4.11. The minimum Gasteiger partial charge on any atom is -0.342 e. The second kappa shape index (κ2) is 10.0. The fraction of sp³-hybridized carbons (Fsp3) is 0.357. The first-order valence-electron chi connectivity index (χ1n) is 12.0. The van der Waals surface area contributed by atoms with E-state index >= 15 is 0 Å². The van der Waals surface area contributed by atoms with Gasteiger partial charge in [0.25, 0.3) is 11.8 Å². The molecule has 2 heterocycles. The fourth-order valence-electron chi connectivity index (χ4n) is 5.01. The summed E-state index contributed by atoms with van der Waals surface area (Å²) in [6, 6.07) is 11.2. The number of benzene rings is 2. The second-order valence-corrected chi connectivity index (χ2v) is 9.64. The first-order valence-corrected chi connectivity index (χ1v) is 12.0. The van der Waals surface area contributed by atoms with Crippen molar-refractivity contribution >= 4 is 34.4 Å². The zero-order chi connectivity index (χ0) is 26.1. The lowest BCUT2D eigenvalue weighted by molar-refractivity contribution is -0.124. The van der Waals surface area contributed by atoms with E-state index in [-0.39, 0.29) is 23.2 Å². The summed E-state index contributed by atoms with van der Waals surface area (Å²) >= 11 is 0. The highest BCUT2D eigenvalue weighted by atomic mass is 19.1. The summed E-state index contributed by atoms with van der Waals surface area (Å²) in [7, 11) is 3.01. The number of ketones is 1. The molecule has 1 aliphatic heterocycles. The molecule has 0 aliphatic carbocycles. The molecule has 0 atom stereocenters. The summed E-state index contributed by atoms with van der Waals surface area (Å²) in [5.74, 6) is -1.63. The highest BCUT2D eigenvalue weighted by Gasteiger charge is 2.30. The van der Waals surface area contributed by atoms with Crippen LogP contribution in [-0.2, 0) is 11.2 Å². The number of carbonyl (C=O) groups is 4. The topological polar surface area (TPSA) is 79.7 Å². The van der Waals surface area contributed by atoms with Gasteiger partial charge in [0.15, 0.2) is 0 Å². The van der Waals surface area contributed by atoms with Gasteiger partial charge in [-0.15, -0.1) is 0 Å². The van der Waals surface area contributed by atoms with Crippen LogP contribution in [0.4, 0.5) is 4.39 Å². The minimum atomic E-state index is -0.671. The van der Waals surface area contributed by atoms with Gasteiger partial charge in [0.1, 0.15) is 5.82 Å². The number of likely N-dealkylation sites (tertiary alicyclic amines) is 1. The van der Waals surface area contributed by atoms with Gasteiger partial charge >= 0.3 is 0 Å². The standard InChI is InChI=1S/C28H30FN3O4/c1-17-25(27(35)31-13-11-20(12-14-31)15-19-5-8-22(29)9-6-19)23-16-21(26(34)28(36)30(3)4)7-10-24(23)32(17)18(2)33/h5-10,16,20H,11-15H2,1-4H3. The number of nitrogens with zero attached hydrogens (tertiary/aromatic N) is 3. The van der Waals surface area contributed by atoms with E-state index in [0.717, 1.165) is 24.8 Å². The maximum absolute atomic E-state index is 13.7. The van der Waals surface area contributed by atoms with Crippen LogP contribution in [0.1, 0.15) is 56.5 Å². The lowest BCUT2D eigenvalue weighted by Gasteiger charge is -2.32. The third kappa shape index (κ3) is 4.80. The Morgan fingerprint density at radius 3 is 2.22 bits per heavy atom. The molecule has 1 fully saturated rings. The zero-order valence-corrected chi connectivity index (χ0v) is 21.0. The van der Waals surface area contributed by atoms with Crippen LogP contribution in [0.2, 0.25) is 0 Å². The van der Waals surface area contributed by atoms with Gasteiger partial charge < -0.3 is 9.80 Å². The van der Waals surface area contributed by atoms with E-state index in [1.807, 2.05) is 0 Å². The van der Waals surface area contributed by atoms with Crippen LogP contribution in [0.15, 0.2) is 42.5 Å². The quantitative estimate of drug-likeness (QED) is 0.397. The van der Waals surface area contributed by atoms with Crippen LogP contribution in [0.3, 0.4) is 0 Å². The molecule has 2 amide bonds. The maximum Gasteiger partial charge on any atom is 0.294 e. The second-order valence-electron chi connectivity index (χ2n) is 9.64. The van der Waals surface area contributed by atoms with Crippen molar-refractivity contribution in [3.05, 3.63) is 70.7 Å². The monoisotopic (exact) mass is 491 g/mol. The molecule has 2 aromatic carbocycles. The Morgan fingerprint density at radius 2 is 1.64 bits per heavy atom. The van der Waals surface area contributed by atoms with Gasteiger partial charge in [-0.3, -0.25) is 23.7 Å². The molecule has 1 saturated heterocycles. The van der Waals surface area contributed by atoms with Crippen molar-refractivity contribution in [1.82, 2.24) is 14.4 Å². The molecule has 0 unspecified atom stereocenters. The molecule has 3 aromatic rings. The summed E-state index contributed by atoms with van der Waals surface area (Å²) in [6.45, 7) is 4.28. The lowest BCUT2D eigenvalue weighted by Crippen LogP contribution is -2.39. The number of aromatic nitrogens is 1. The molecular formula is C28H30FN3O4. The number of Topliss-reactive ketones (excluding diaryl/α,β-unsaturated/α-hetero) is 1. The summed E-state index contributed by atoms with van der Waals surface area (Å²) < 4.78 is 14.7. The maximum atomic E-state index is 13.7. The average Bonchev–Trinajstić information content (AvgIpc) is 3.15. The number of likely N-dealkylation sites (N-methyl/N-ethyl adjacent to an activating group) is 1. The fourth-order valence-corrected chi connectivity index (χ4v) is 5.01. The Hall–Kier alpha value is -3.81. The van der Waals surface area contributed by atoms with E-state index in [1.165, 1.54) is 48.7 Å². The zero-order valence-electron chi connectivity index (χ0n) is 21.0. The highest BCUT2D eigenvalue weighted by Crippen LogP contribution is 2.30. The van der Waals surface area contributed by atoms with Crippen molar-refractivity contribution in [3.8, 4) is 0 Å². The first-order chi connectivity index (χ1) is 17.1. The predicted molar refractivity (Wildman–Crippen MR) is 135 cm³/mol. The third-order valence-corrected chi connectivity index (χ3v) is 6.93. The van der Waals surface area contributed by atoms with Crippen LogP contribution < -0.4 is 0 Å².